The number of nitrogens with zero attached hydrogens (tertiary/aromatic N) is 3. The number of aromatic nitrogens is 3. The van der Waals surface area contributed by atoms with E-state index in [1.807, 2.05) is 20.8 Å². The molecule has 0 saturated heterocycles. The van der Waals surface area contributed by atoms with Gasteiger partial charge in [-0.2, -0.15) is 9.97 Å². The molecule has 7 nitrogen and oxygen atoms in total. The largest absolute Gasteiger partial charge is 0.467 e. The summed E-state index contributed by atoms with van der Waals surface area (Å²) in [5, 5.41) is 3.07. The van der Waals surface area contributed by atoms with E-state index in [0.717, 1.165) is 0 Å². The first-order chi connectivity index (χ1) is 8.50. The Hall–Kier alpha value is -1.63. The number of ether oxygens (including phenoxy) is 3. The summed E-state index contributed by atoms with van der Waals surface area (Å²) in [6.07, 6.45) is 0. The molecule has 102 valence electrons. The lowest BCUT2D eigenvalue weighted by Gasteiger charge is -2.24. The van der Waals surface area contributed by atoms with Crippen LogP contribution in [-0.2, 0) is 4.74 Å². The molecule has 18 heavy (non-hydrogen) atoms. The fourth-order valence-electron chi connectivity index (χ4n) is 1.33. The van der Waals surface area contributed by atoms with E-state index < -0.39 is 0 Å². The van der Waals surface area contributed by atoms with Gasteiger partial charge in [-0.1, -0.05) is 0 Å². The molecule has 0 aliphatic rings. The Balaban J connectivity index is 2.72. The number of anilines is 1. The summed E-state index contributed by atoms with van der Waals surface area (Å²) in [4.78, 5) is 12.1. The Labute approximate surface area is 107 Å². The molecule has 1 rings (SSSR count). The highest BCUT2D eigenvalue weighted by Gasteiger charge is 2.18. The van der Waals surface area contributed by atoms with Gasteiger partial charge in [0.15, 0.2) is 0 Å². The van der Waals surface area contributed by atoms with Crippen LogP contribution >= 0.6 is 0 Å². The van der Waals surface area contributed by atoms with Crippen LogP contribution in [0.3, 0.4) is 0 Å². The zero-order chi connectivity index (χ0) is 13.6. The predicted octanol–water partition coefficient (Wildman–Crippen LogP) is 1.12. The molecule has 0 fully saturated rings. The molecular weight excluding hydrogens is 236 g/mol. The van der Waals surface area contributed by atoms with Crippen LogP contribution in [0.2, 0.25) is 0 Å². The van der Waals surface area contributed by atoms with Crippen LogP contribution in [0.5, 0.6) is 12.0 Å². The lowest BCUT2D eigenvalue weighted by Crippen LogP contribution is -2.33. The molecule has 0 spiro atoms. The second kappa shape index (κ2) is 6.34. The van der Waals surface area contributed by atoms with Crippen molar-refractivity contribution >= 4 is 5.95 Å². The van der Waals surface area contributed by atoms with E-state index in [1.54, 1.807) is 0 Å². The standard InChI is InChI=1S/C11H20N4O3/c1-6-18-11(2,3)7-12-8-13-9(16-4)15-10(14-8)17-5/h6-7H2,1-5H3,(H,12,13,14,15). The van der Waals surface area contributed by atoms with Crippen molar-refractivity contribution in [3.05, 3.63) is 0 Å². The molecule has 1 heterocycles. The first-order valence-corrected chi connectivity index (χ1v) is 5.72. The average Bonchev–Trinajstić information content (AvgIpc) is 2.36. The van der Waals surface area contributed by atoms with Crippen molar-refractivity contribution in [1.82, 2.24) is 15.0 Å². The third kappa shape index (κ3) is 4.33. The fourth-order valence-corrected chi connectivity index (χ4v) is 1.33. The van der Waals surface area contributed by atoms with Gasteiger partial charge >= 0.3 is 12.0 Å². The van der Waals surface area contributed by atoms with Crippen molar-refractivity contribution in [1.29, 1.82) is 0 Å². The number of hydrogen-bond acceptors (Lipinski definition) is 7. The normalized spacial score (nSPS) is 11.2. The zero-order valence-electron chi connectivity index (χ0n) is 11.5. The van der Waals surface area contributed by atoms with Gasteiger partial charge in [0.1, 0.15) is 0 Å². The second-order valence-corrected chi connectivity index (χ2v) is 4.18. The Morgan fingerprint density at radius 3 is 2.06 bits per heavy atom. The van der Waals surface area contributed by atoms with E-state index in [4.69, 9.17) is 14.2 Å². The fraction of sp³-hybridized carbons (Fsp3) is 0.727. The lowest BCUT2D eigenvalue weighted by molar-refractivity contribution is 0.000557. The van der Waals surface area contributed by atoms with Gasteiger partial charge in [-0.25, -0.2) is 0 Å². The summed E-state index contributed by atoms with van der Waals surface area (Å²) in [5.74, 6) is 0.395. The van der Waals surface area contributed by atoms with Crippen LogP contribution in [0.15, 0.2) is 0 Å². The first-order valence-electron chi connectivity index (χ1n) is 5.72. The van der Waals surface area contributed by atoms with E-state index in [9.17, 15) is 0 Å². The van der Waals surface area contributed by atoms with Crippen molar-refractivity contribution in [3.8, 4) is 12.0 Å². The van der Waals surface area contributed by atoms with Gasteiger partial charge in [-0.15, -0.1) is 4.98 Å². The summed E-state index contributed by atoms with van der Waals surface area (Å²) in [6, 6.07) is 0.414. The van der Waals surface area contributed by atoms with Crippen LogP contribution in [-0.4, -0.2) is 47.9 Å². The highest BCUT2D eigenvalue weighted by atomic mass is 16.5. The molecule has 0 atom stereocenters. The molecule has 0 aliphatic heterocycles. The number of nitrogens with one attached hydrogen (secondary N) is 1. The van der Waals surface area contributed by atoms with Gasteiger partial charge in [0.2, 0.25) is 5.95 Å². The summed E-state index contributed by atoms with van der Waals surface area (Å²) in [6.45, 7) is 7.14. The predicted molar refractivity (Wildman–Crippen MR) is 67.1 cm³/mol. The number of methoxy groups -OCH3 is 2. The molecule has 7 heteroatoms. The highest BCUT2D eigenvalue weighted by molar-refractivity contribution is 5.28. The minimum absolute atomic E-state index is 0.207. The van der Waals surface area contributed by atoms with Crippen molar-refractivity contribution in [2.45, 2.75) is 26.4 Å². The van der Waals surface area contributed by atoms with Crippen LogP contribution in [0.1, 0.15) is 20.8 Å². The SMILES string of the molecule is CCOC(C)(C)CNc1nc(OC)nc(OC)n1. The van der Waals surface area contributed by atoms with Gasteiger partial charge in [0.25, 0.3) is 0 Å². The molecular formula is C11H20N4O3. The van der Waals surface area contributed by atoms with E-state index in [1.165, 1.54) is 14.2 Å². The minimum Gasteiger partial charge on any atom is -0.467 e. The number of rotatable bonds is 7. The second-order valence-electron chi connectivity index (χ2n) is 4.18. The molecule has 0 aromatic carbocycles. The van der Waals surface area contributed by atoms with Crippen molar-refractivity contribution in [2.75, 3.05) is 32.7 Å². The Kier molecular flexibility index (Phi) is 5.08. The monoisotopic (exact) mass is 256 g/mol. The van der Waals surface area contributed by atoms with Crippen LogP contribution in [0, 0.1) is 0 Å². The van der Waals surface area contributed by atoms with E-state index in [2.05, 4.69) is 20.3 Å². The van der Waals surface area contributed by atoms with E-state index in [0.29, 0.717) is 19.1 Å². The quantitative estimate of drug-likeness (QED) is 0.783. The average molecular weight is 256 g/mol. The highest BCUT2D eigenvalue weighted by Crippen LogP contribution is 2.14. The van der Waals surface area contributed by atoms with Gasteiger partial charge < -0.3 is 19.5 Å². The molecule has 0 radical (unpaired) electrons. The molecule has 0 amide bonds. The molecule has 0 unspecified atom stereocenters. The van der Waals surface area contributed by atoms with Crippen molar-refractivity contribution < 1.29 is 14.2 Å². The smallest absolute Gasteiger partial charge is 0.324 e. The first kappa shape index (κ1) is 14.4. The van der Waals surface area contributed by atoms with Gasteiger partial charge in [-0.05, 0) is 20.8 Å². The van der Waals surface area contributed by atoms with Gasteiger partial charge in [0, 0.05) is 13.2 Å². The Morgan fingerprint density at radius 2 is 1.61 bits per heavy atom. The third-order valence-electron chi connectivity index (χ3n) is 2.17. The Morgan fingerprint density at radius 1 is 1.06 bits per heavy atom. The number of hydrogen-bond donors (Lipinski definition) is 1. The van der Waals surface area contributed by atoms with Crippen LogP contribution in [0.25, 0.3) is 0 Å². The zero-order valence-corrected chi connectivity index (χ0v) is 11.5. The molecule has 1 N–H and O–H groups in total. The van der Waals surface area contributed by atoms with E-state index in [-0.39, 0.29) is 17.6 Å². The maximum absolute atomic E-state index is 5.57. The topological polar surface area (TPSA) is 78.4 Å². The summed E-state index contributed by atoms with van der Waals surface area (Å²) in [5.41, 5.74) is -0.304. The Bertz CT molecular complexity index is 362. The molecule has 0 bridgehead atoms. The molecule has 1 aromatic rings. The van der Waals surface area contributed by atoms with Gasteiger partial charge in [0.05, 0.1) is 19.8 Å². The maximum atomic E-state index is 5.57. The van der Waals surface area contributed by atoms with Crippen LogP contribution in [0.4, 0.5) is 5.95 Å². The third-order valence-corrected chi connectivity index (χ3v) is 2.17. The van der Waals surface area contributed by atoms with Crippen molar-refractivity contribution in [2.24, 2.45) is 0 Å². The van der Waals surface area contributed by atoms with Crippen molar-refractivity contribution in [3.63, 3.8) is 0 Å². The lowest BCUT2D eigenvalue weighted by atomic mass is 10.1. The van der Waals surface area contributed by atoms with Crippen LogP contribution < -0.4 is 14.8 Å². The summed E-state index contributed by atoms with van der Waals surface area (Å²) >= 11 is 0. The molecule has 1 aromatic heterocycles. The van der Waals surface area contributed by atoms with E-state index >= 15 is 0 Å². The summed E-state index contributed by atoms with van der Waals surface area (Å²) in [7, 11) is 2.98. The minimum atomic E-state index is -0.304. The maximum Gasteiger partial charge on any atom is 0.324 e. The summed E-state index contributed by atoms with van der Waals surface area (Å²) < 4.78 is 15.5. The molecule has 0 aliphatic carbocycles. The molecule has 0 saturated carbocycles. The van der Waals surface area contributed by atoms with Gasteiger partial charge in [-0.3, -0.25) is 0 Å².